The highest BCUT2D eigenvalue weighted by Crippen LogP contribution is 2.08. The topological polar surface area (TPSA) is 246 Å². The van der Waals surface area contributed by atoms with Crippen molar-refractivity contribution < 1.29 is 39.0 Å². The van der Waals surface area contributed by atoms with E-state index in [1.54, 1.807) is 0 Å². The largest absolute Gasteiger partial charge is 0.481 e. The van der Waals surface area contributed by atoms with Crippen LogP contribution in [0.15, 0.2) is 12.5 Å². The van der Waals surface area contributed by atoms with Gasteiger partial charge < -0.3 is 42.2 Å². The standard InChI is InChI=1S/C20H29N7O8/c21-15(28)4-3-12(25-17(31)11-2-1-5-23-11)18(32)26-13(6-10-8-22-9-24-10)19(33)27-14(20(34)35)7-16(29)30/h8-9,11-14,23H,1-7H2,(H2,21,28)(H,22,24)(H,25,31)(H,26,32)(H,27,33)(H,29,30)(H,34,35). The average molecular weight is 495 g/mol. The molecule has 1 saturated heterocycles. The molecule has 1 aromatic heterocycles. The lowest BCUT2D eigenvalue weighted by molar-refractivity contribution is -0.147. The molecule has 9 N–H and O–H groups in total. The number of aromatic nitrogens is 2. The van der Waals surface area contributed by atoms with Gasteiger partial charge in [0.25, 0.3) is 0 Å². The van der Waals surface area contributed by atoms with Gasteiger partial charge in [-0.05, 0) is 25.8 Å². The molecule has 0 radical (unpaired) electrons. The summed E-state index contributed by atoms with van der Waals surface area (Å²) in [6.07, 6.45) is 2.71. The summed E-state index contributed by atoms with van der Waals surface area (Å²) in [5.74, 6) is -5.92. The maximum Gasteiger partial charge on any atom is 0.326 e. The maximum atomic E-state index is 13.0. The zero-order valence-corrected chi connectivity index (χ0v) is 18.8. The highest BCUT2D eigenvalue weighted by atomic mass is 16.4. The number of nitrogens with one attached hydrogen (secondary N) is 5. The monoisotopic (exact) mass is 495 g/mol. The van der Waals surface area contributed by atoms with E-state index >= 15 is 0 Å². The molecule has 0 spiro atoms. The second-order valence-corrected chi connectivity index (χ2v) is 8.05. The Labute approximate surface area is 199 Å². The molecule has 192 valence electrons. The highest BCUT2D eigenvalue weighted by Gasteiger charge is 2.32. The molecule has 0 aromatic carbocycles. The second-order valence-electron chi connectivity index (χ2n) is 8.05. The lowest BCUT2D eigenvalue weighted by Gasteiger charge is -2.24. The van der Waals surface area contributed by atoms with Crippen LogP contribution in [0.5, 0.6) is 0 Å². The Morgan fingerprint density at radius 3 is 2.29 bits per heavy atom. The van der Waals surface area contributed by atoms with Gasteiger partial charge >= 0.3 is 11.9 Å². The molecule has 35 heavy (non-hydrogen) atoms. The second kappa shape index (κ2) is 13.0. The SMILES string of the molecule is NC(=O)CCC(NC(=O)C1CCCN1)C(=O)NC(Cc1cnc[nH]1)C(=O)NC(CC(=O)O)C(=O)O. The molecule has 4 atom stereocenters. The molecular weight excluding hydrogens is 466 g/mol. The quantitative estimate of drug-likeness (QED) is 0.130. The van der Waals surface area contributed by atoms with E-state index in [4.69, 9.17) is 10.8 Å². The lowest BCUT2D eigenvalue weighted by Crippen LogP contribution is -2.57. The fourth-order valence-corrected chi connectivity index (χ4v) is 3.48. The number of imidazole rings is 1. The fraction of sp³-hybridized carbons (Fsp3) is 0.550. The Morgan fingerprint density at radius 2 is 1.74 bits per heavy atom. The van der Waals surface area contributed by atoms with E-state index in [0.29, 0.717) is 18.7 Å². The van der Waals surface area contributed by atoms with Crippen LogP contribution in [-0.2, 0) is 35.2 Å². The molecule has 1 fully saturated rings. The van der Waals surface area contributed by atoms with Crippen molar-refractivity contribution in [3.8, 4) is 0 Å². The van der Waals surface area contributed by atoms with Crippen molar-refractivity contribution in [2.24, 2.45) is 5.73 Å². The first kappa shape index (κ1) is 27.2. The molecule has 2 rings (SSSR count). The zero-order valence-electron chi connectivity index (χ0n) is 18.8. The van der Waals surface area contributed by atoms with Crippen molar-refractivity contribution in [3.05, 3.63) is 18.2 Å². The van der Waals surface area contributed by atoms with Crippen molar-refractivity contribution >= 4 is 35.6 Å². The number of rotatable bonds is 14. The van der Waals surface area contributed by atoms with E-state index in [9.17, 15) is 33.9 Å². The van der Waals surface area contributed by atoms with E-state index in [1.165, 1.54) is 12.5 Å². The summed E-state index contributed by atoms with van der Waals surface area (Å²) >= 11 is 0. The molecule has 1 aliphatic heterocycles. The predicted octanol–water partition coefficient (Wildman–Crippen LogP) is -3.02. The van der Waals surface area contributed by atoms with Gasteiger partial charge in [0.15, 0.2) is 0 Å². The van der Waals surface area contributed by atoms with Crippen LogP contribution in [0.3, 0.4) is 0 Å². The van der Waals surface area contributed by atoms with Gasteiger partial charge in [-0.25, -0.2) is 9.78 Å². The van der Waals surface area contributed by atoms with Crippen LogP contribution in [0.2, 0.25) is 0 Å². The van der Waals surface area contributed by atoms with Crippen LogP contribution in [-0.4, -0.2) is 86.5 Å². The molecule has 1 aliphatic rings. The van der Waals surface area contributed by atoms with Crippen LogP contribution >= 0.6 is 0 Å². The van der Waals surface area contributed by atoms with Gasteiger partial charge in [-0.1, -0.05) is 0 Å². The Morgan fingerprint density at radius 1 is 1.06 bits per heavy atom. The summed E-state index contributed by atoms with van der Waals surface area (Å²) < 4.78 is 0. The number of hydrogen-bond donors (Lipinski definition) is 8. The molecule has 4 amide bonds. The van der Waals surface area contributed by atoms with Gasteiger partial charge in [0.2, 0.25) is 23.6 Å². The van der Waals surface area contributed by atoms with Crippen LogP contribution < -0.4 is 27.0 Å². The van der Waals surface area contributed by atoms with Crippen molar-refractivity contribution in [1.82, 2.24) is 31.2 Å². The number of primary amides is 1. The smallest absolute Gasteiger partial charge is 0.326 e. The van der Waals surface area contributed by atoms with Crippen LogP contribution in [0.25, 0.3) is 0 Å². The third-order valence-corrected chi connectivity index (χ3v) is 5.29. The molecule has 4 unspecified atom stereocenters. The summed E-state index contributed by atoms with van der Waals surface area (Å²) in [5.41, 5.74) is 5.60. The van der Waals surface area contributed by atoms with Gasteiger partial charge in [-0.3, -0.25) is 24.0 Å². The van der Waals surface area contributed by atoms with E-state index < -0.39 is 66.2 Å². The lowest BCUT2D eigenvalue weighted by atomic mass is 10.1. The molecule has 0 bridgehead atoms. The van der Waals surface area contributed by atoms with Gasteiger partial charge in [0, 0.05) is 24.7 Å². The van der Waals surface area contributed by atoms with Crippen LogP contribution in [0, 0.1) is 0 Å². The van der Waals surface area contributed by atoms with Gasteiger partial charge in [-0.15, -0.1) is 0 Å². The zero-order chi connectivity index (χ0) is 26.0. The Hall–Kier alpha value is -4.01. The third-order valence-electron chi connectivity index (χ3n) is 5.29. The van der Waals surface area contributed by atoms with Crippen molar-refractivity contribution in [2.75, 3.05) is 6.54 Å². The summed E-state index contributed by atoms with van der Waals surface area (Å²) in [5, 5.41) is 28.2. The number of aliphatic carboxylic acids is 2. The number of carbonyl (C=O) groups excluding carboxylic acids is 4. The Kier molecular flexibility index (Phi) is 10.1. The van der Waals surface area contributed by atoms with E-state index in [0.717, 1.165) is 6.42 Å². The number of hydrogen-bond acceptors (Lipinski definition) is 8. The Bertz CT molecular complexity index is 930. The summed E-state index contributed by atoms with van der Waals surface area (Å²) in [4.78, 5) is 78.5. The summed E-state index contributed by atoms with van der Waals surface area (Å²) in [6.45, 7) is 0.643. The van der Waals surface area contributed by atoms with Gasteiger partial charge in [-0.2, -0.15) is 0 Å². The van der Waals surface area contributed by atoms with Crippen LogP contribution in [0.1, 0.15) is 37.8 Å². The minimum atomic E-state index is -1.74. The Balaban J connectivity index is 2.17. The molecule has 0 saturated carbocycles. The minimum absolute atomic E-state index is 0.130. The van der Waals surface area contributed by atoms with E-state index in [-0.39, 0.29) is 19.3 Å². The van der Waals surface area contributed by atoms with Crippen molar-refractivity contribution in [2.45, 2.75) is 62.7 Å². The summed E-state index contributed by atoms with van der Waals surface area (Å²) in [6, 6.07) is -4.80. The maximum absolute atomic E-state index is 13.0. The third kappa shape index (κ3) is 9.04. The molecular formula is C20H29N7O8. The summed E-state index contributed by atoms with van der Waals surface area (Å²) in [7, 11) is 0. The number of amides is 4. The molecule has 1 aromatic rings. The number of carboxylic acids is 2. The van der Waals surface area contributed by atoms with Crippen molar-refractivity contribution in [1.29, 1.82) is 0 Å². The number of H-pyrrole nitrogens is 1. The first-order valence-electron chi connectivity index (χ1n) is 10.9. The van der Waals surface area contributed by atoms with E-state index in [2.05, 4.69) is 31.2 Å². The molecule has 0 aliphatic carbocycles. The number of carbonyl (C=O) groups is 6. The number of aromatic amines is 1. The van der Waals surface area contributed by atoms with Crippen LogP contribution in [0.4, 0.5) is 0 Å². The predicted molar refractivity (Wildman–Crippen MR) is 117 cm³/mol. The first-order valence-corrected chi connectivity index (χ1v) is 10.9. The normalized spacial score (nSPS) is 17.5. The number of nitrogens with two attached hydrogens (primary N) is 1. The molecule has 15 heteroatoms. The number of carboxylic acid groups (broad SMARTS) is 2. The minimum Gasteiger partial charge on any atom is -0.481 e. The van der Waals surface area contributed by atoms with Crippen molar-refractivity contribution in [3.63, 3.8) is 0 Å². The van der Waals surface area contributed by atoms with Gasteiger partial charge in [0.1, 0.15) is 18.1 Å². The molecule has 15 nitrogen and oxygen atoms in total. The first-order chi connectivity index (χ1) is 16.6. The van der Waals surface area contributed by atoms with E-state index in [1.807, 2.05) is 0 Å². The molecule has 2 heterocycles. The van der Waals surface area contributed by atoms with Gasteiger partial charge in [0.05, 0.1) is 18.8 Å². The fourth-order valence-electron chi connectivity index (χ4n) is 3.48. The average Bonchev–Trinajstić information content (AvgIpc) is 3.49. The highest BCUT2D eigenvalue weighted by molar-refractivity contribution is 5.95. The number of nitrogens with zero attached hydrogens (tertiary/aromatic N) is 1.